The zero-order chi connectivity index (χ0) is 17.5. The van der Waals surface area contributed by atoms with E-state index in [9.17, 15) is 14.4 Å². The molecule has 0 saturated heterocycles. The summed E-state index contributed by atoms with van der Waals surface area (Å²) in [6.07, 6.45) is 0.911. The molecule has 1 aliphatic carbocycles. The first-order chi connectivity index (χ1) is 11.2. The van der Waals surface area contributed by atoms with Crippen molar-refractivity contribution in [3.63, 3.8) is 0 Å². The monoisotopic (exact) mass is 325 g/mol. The number of rotatable bonds is 2. The molecule has 24 heavy (non-hydrogen) atoms. The van der Waals surface area contributed by atoms with Crippen LogP contribution in [0.2, 0.25) is 0 Å². The molecular weight excluding hydrogens is 306 g/mol. The third kappa shape index (κ3) is 3.15. The summed E-state index contributed by atoms with van der Waals surface area (Å²) in [5.74, 6) is -0.0868. The summed E-state index contributed by atoms with van der Waals surface area (Å²) in [4.78, 5) is 36.7. The Labute approximate surface area is 139 Å². The summed E-state index contributed by atoms with van der Waals surface area (Å²) in [7, 11) is 0. The van der Waals surface area contributed by atoms with Gasteiger partial charge in [0.05, 0.1) is 5.56 Å². The number of hydrogen-bond donors (Lipinski definition) is 1. The fourth-order valence-corrected chi connectivity index (χ4v) is 2.89. The van der Waals surface area contributed by atoms with Crippen LogP contribution in [-0.2, 0) is 6.42 Å². The van der Waals surface area contributed by atoms with Crippen molar-refractivity contribution in [2.45, 2.75) is 33.6 Å². The van der Waals surface area contributed by atoms with Gasteiger partial charge in [-0.3, -0.25) is 9.59 Å². The van der Waals surface area contributed by atoms with Gasteiger partial charge in [-0.1, -0.05) is 31.5 Å². The van der Waals surface area contributed by atoms with Crippen molar-refractivity contribution < 1.29 is 14.0 Å². The van der Waals surface area contributed by atoms with Crippen LogP contribution >= 0.6 is 0 Å². The number of Topliss-reactive ketones (excluding diaryl/α,β-unsaturated/α-hetero) is 1. The smallest absolute Gasteiger partial charge is 0.359 e. The molecule has 1 N–H and O–H groups in total. The average molecular weight is 325 g/mol. The number of ketones is 1. The number of aryl methyl sites for hydroxylation is 1. The Balaban J connectivity index is 1.91. The maximum atomic E-state index is 12.3. The summed E-state index contributed by atoms with van der Waals surface area (Å²) in [6.45, 7) is 5.84. The van der Waals surface area contributed by atoms with E-state index in [2.05, 4.69) is 5.32 Å². The lowest BCUT2D eigenvalue weighted by atomic mass is 9.76. The first-order valence-electron chi connectivity index (χ1n) is 7.83. The van der Waals surface area contributed by atoms with E-state index in [0.717, 1.165) is 5.56 Å². The number of nitrogens with one attached hydrogen (secondary N) is 1. The standard InChI is InChI=1S/C19H19NO4/c1-11-4-6-12(7-5-11)17(22)20-14-8-13-15(21)9-19(2,3)10-16(13)24-18(14)23/h4-8H,9-10H2,1-3H3,(H,20,22). The molecule has 5 nitrogen and oxygen atoms in total. The van der Waals surface area contributed by atoms with Crippen LogP contribution in [0.25, 0.3) is 0 Å². The van der Waals surface area contributed by atoms with Crippen molar-refractivity contribution in [3.8, 4) is 0 Å². The SMILES string of the molecule is Cc1ccc(C(=O)Nc2cc3c(oc2=O)CC(C)(C)CC3=O)cc1. The first-order valence-corrected chi connectivity index (χ1v) is 7.83. The van der Waals surface area contributed by atoms with Crippen LogP contribution in [-0.4, -0.2) is 11.7 Å². The highest BCUT2D eigenvalue weighted by Gasteiger charge is 2.33. The number of fused-ring (bicyclic) bond motifs is 1. The van der Waals surface area contributed by atoms with E-state index in [-0.39, 0.29) is 16.9 Å². The summed E-state index contributed by atoms with van der Waals surface area (Å²) in [6, 6.07) is 8.42. The van der Waals surface area contributed by atoms with E-state index < -0.39 is 11.5 Å². The van der Waals surface area contributed by atoms with E-state index in [4.69, 9.17) is 4.42 Å². The van der Waals surface area contributed by atoms with Crippen LogP contribution < -0.4 is 10.9 Å². The lowest BCUT2D eigenvalue weighted by Crippen LogP contribution is -2.29. The predicted molar refractivity (Wildman–Crippen MR) is 90.5 cm³/mol. The second-order valence-corrected chi connectivity index (χ2v) is 7.05. The highest BCUT2D eigenvalue weighted by atomic mass is 16.4. The minimum absolute atomic E-state index is 0.00705. The van der Waals surface area contributed by atoms with E-state index in [1.165, 1.54) is 6.07 Å². The van der Waals surface area contributed by atoms with Crippen LogP contribution in [0.3, 0.4) is 0 Å². The van der Waals surface area contributed by atoms with Gasteiger partial charge in [0, 0.05) is 18.4 Å². The zero-order valence-corrected chi connectivity index (χ0v) is 13.9. The molecule has 0 atom stereocenters. The van der Waals surface area contributed by atoms with Gasteiger partial charge >= 0.3 is 5.63 Å². The Morgan fingerprint density at radius 1 is 1.12 bits per heavy atom. The van der Waals surface area contributed by atoms with Gasteiger partial charge in [-0.2, -0.15) is 0 Å². The van der Waals surface area contributed by atoms with Crippen molar-refractivity contribution in [1.29, 1.82) is 0 Å². The van der Waals surface area contributed by atoms with Crippen LogP contribution in [0.5, 0.6) is 0 Å². The number of benzene rings is 1. The van der Waals surface area contributed by atoms with E-state index in [1.54, 1.807) is 12.1 Å². The minimum Gasteiger partial charge on any atom is -0.426 e. The van der Waals surface area contributed by atoms with Gasteiger partial charge in [-0.05, 0) is 30.5 Å². The number of carbonyl (C=O) groups is 2. The highest BCUT2D eigenvalue weighted by Crippen LogP contribution is 2.34. The third-order valence-corrected chi connectivity index (χ3v) is 4.17. The summed E-state index contributed by atoms with van der Waals surface area (Å²) < 4.78 is 5.30. The quantitative estimate of drug-likeness (QED) is 0.918. The molecule has 124 valence electrons. The van der Waals surface area contributed by atoms with Gasteiger partial charge in [-0.15, -0.1) is 0 Å². The molecule has 1 aliphatic rings. The molecule has 0 aliphatic heterocycles. The Hall–Kier alpha value is -2.69. The number of amides is 1. The molecule has 1 heterocycles. The fourth-order valence-electron chi connectivity index (χ4n) is 2.89. The molecule has 2 aromatic rings. The fraction of sp³-hybridized carbons (Fsp3) is 0.316. The molecule has 0 spiro atoms. The number of carbonyl (C=O) groups excluding carboxylic acids is 2. The molecular formula is C19H19NO4. The lowest BCUT2D eigenvalue weighted by Gasteiger charge is -2.28. The topological polar surface area (TPSA) is 76.4 Å². The first kappa shape index (κ1) is 16.2. The second kappa shape index (κ2) is 5.74. The third-order valence-electron chi connectivity index (χ3n) is 4.17. The molecule has 0 fully saturated rings. The minimum atomic E-state index is -0.639. The molecule has 5 heteroatoms. The Bertz CT molecular complexity index is 875. The van der Waals surface area contributed by atoms with E-state index in [0.29, 0.717) is 29.7 Å². The van der Waals surface area contributed by atoms with Crippen molar-refractivity contribution >= 4 is 17.4 Å². The van der Waals surface area contributed by atoms with Gasteiger partial charge in [0.15, 0.2) is 5.78 Å². The second-order valence-electron chi connectivity index (χ2n) is 7.05. The molecule has 0 bridgehead atoms. The van der Waals surface area contributed by atoms with Crippen molar-refractivity contribution in [2.75, 3.05) is 5.32 Å². The Morgan fingerprint density at radius 3 is 2.46 bits per heavy atom. The normalized spacial score (nSPS) is 15.7. The molecule has 0 saturated carbocycles. The molecule has 0 unspecified atom stereocenters. The molecule has 1 aromatic heterocycles. The van der Waals surface area contributed by atoms with Gasteiger partial charge in [0.1, 0.15) is 11.4 Å². The predicted octanol–water partition coefficient (Wildman–Crippen LogP) is 3.36. The Morgan fingerprint density at radius 2 is 1.79 bits per heavy atom. The summed E-state index contributed by atoms with van der Waals surface area (Å²) in [5, 5.41) is 2.54. The van der Waals surface area contributed by atoms with Gasteiger partial charge in [-0.25, -0.2) is 4.79 Å². The van der Waals surface area contributed by atoms with Crippen molar-refractivity contribution in [2.24, 2.45) is 5.41 Å². The van der Waals surface area contributed by atoms with Crippen LogP contribution in [0.15, 0.2) is 39.5 Å². The lowest BCUT2D eigenvalue weighted by molar-refractivity contribution is 0.0896. The van der Waals surface area contributed by atoms with Gasteiger partial charge in [0.25, 0.3) is 5.91 Å². The van der Waals surface area contributed by atoms with Gasteiger partial charge < -0.3 is 9.73 Å². The largest absolute Gasteiger partial charge is 0.426 e. The highest BCUT2D eigenvalue weighted by molar-refractivity contribution is 6.05. The number of hydrogen-bond acceptors (Lipinski definition) is 4. The molecule has 1 aromatic carbocycles. The Kier molecular flexibility index (Phi) is 3.87. The van der Waals surface area contributed by atoms with Crippen LogP contribution in [0, 0.1) is 12.3 Å². The maximum absolute atomic E-state index is 12.3. The van der Waals surface area contributed by atoms with Crippen LogP contribution in [0.1, 0.15) is 52.3 Å². The zero-order valence-electron chi connectivity index (χ0n) is 13.9. The summed E-state index contributed by atoms with van der Waals surface area (Å²) in [5.41, 5.74) is 0.977. The van der Waals surface area contributed by atoms with E-state index >= 15 is 0 Å². The van der Waals surface area contributed by atoms with Crippen molar-refractivity contribution in [3.05, 3.63) is 63.2 Å². The van der Waals surface area contributed by atoms with Gasteiger partial charge in [0.2, 0.25) is 0 Å². The summed E-state index contributed by atoms with van der Waals surface area (Å²) >= 11 is 0. The van der Waals surface area contributed by atoms with Crippen molar-refractivity contribution in [1.82, 2.24) is 0 Å². The molecule has 1 amide bonds. The molecule has 3 rings (SSSR count). The maximum Gasteiger partial charge on any atom is 0.359 e. The average Bonchev–Trinajstić information content (AvgIpc) is 2.48. The van der Waals surface area contributed by atoms with Crippen LogP contribution in [0.4, 0.5) is 5.69 Å². The van der Waals surface area contributed by atoms with E-state index in [1.807, 2.05) is 32.9 Å². The number of anilines is 1. The molecule has 0 radical (unpaired) electrons.